The van der Waals surface area contributed by atoms with E-state index in [0.717, 1.165) is 39.5 Å². The fourth-order valence-electron chi connectivity index (χ4n) is 3.33. The fourth-order valence-corrected chi connectivity index (χ4v) is 3.96. The number of nitrogens with zero attached hydrogens (tertiary/aromatic N) is 3. The predicted molar refractivity (Wildman–Crippen MR) is 125 cm³/mol. The number of aryl methyl sites for hydroxylation is 1. The average Bonchev–Trinajstić information content (AvgIpc) is 3.24. The van der Waals surface area contributed by atoms with Crippen LogP contribution in [0.2, 0.25) is 0 Å². The first-order chi connectivity index (χ1) is 14.1. The Morgan fingerprint density at radius 2 is 1.69 bits per heavy atom. The molecule has 0 atom stereocenters. The highest BCUT2D eigenvalue weighted by Gasteiger charge is 2.15. The van der Waals surface area contributed by atoms with E-state index in [0.29, 0.717) is 11.5 Å². The number of carbonyl (C=O) groups excluding carboxylic acids is 1. The first-order valence-electron chi connectivity index (χ1n) is 9.62. The number of aromatic nitrogens is 2. The van der Waals surface area contributed by atoms with Gasteiger partial charge in [0, 0.05) is 39.8 Å². The Kier molecular flexibility index (Phi) is 5.94. The van der Waals surface area contributed by atoms with Crippen LogP contribution in [0.3, 0.4) is 0 Å². The van der Waals surface area contributed by atoms with E-state index in [1.807, 2.05) is 61.5 Å². The van der Waals surface area contributed by atoms with Crippen molar-refractivity contribution in [2.45, 2.75) is 19.8 Å². The van der Waals surface area contributed by atoms with Gasteiger partial charge in [-0.15, -0.1) is 0 Å². The lowest BCUT2D eigenvalue weighted by Crippen LogP contribution is -2.19. The maximum Gasteiger partial charge on any atom is 0.256 e. The SMILES string of the molecule is Cc1cc(N2CCCC2)nc(Nc2ccc(NC(=O)c3ccccc3I)cc2)n1. The second kappa shape index (κ2) is 8.77. The summed E-state index contributed by atoms with van der Waals surface area (Å²) in [6.45, 7) is 4.07. The molecule has 1 aliphatic rings. The van der Waals surface area contributed by atoms with Crippen LogP contribution in [0, 0.1) is 10.5 Å². The minimum atomic E-state index is -0.118. The van der Waals surface area contributed by atoms with Crippen molar-refractivity contribution >= 4 is 51.6 Å². The second-order valence-electron chi connectivity index (χ2n) is 7.02. The summed E-state index contributed by atoms with van der Waals surface area (Å²) in [5, 5.41) is 6.20. The van der Waals surface area contributed by atoms with E-state index in [9.17, 15) is 4.79 Å². The van der Waals surface area contributed by atoms with Crippen LogP contribution in [0.25, 0.3) is 0 Å². The summed E-state index contributed by atoms with van der Waals surface area (Å²) in [7, 11) is 0. The van der Waals surface area contributed by atoms with Gasteiger partial charge < -0.3 is 15.5 Å². The zero-order valence-electron chi connectivity index (χ0n) is 16.2. The normalized spacial score (nSPS) is 13.4. The molecule has 29 heavy (non-hydrogen) atoms. The van der Waals surface area contributed by atoms with Crippen LogP contribution in [-0.2, 0) is 0 Å². The predicted octanol–water partition coefficient (Wildman–Crippen LogP) is 4.99. The largest absolute Gasteiger partial charge is 0.356 e. The highest BCUT2D eigenvalue weighted by molar-refractivity contribution is 14.1. The van der Waals surface area contributed by atoms with Gasteiger partial charge in [-0.05, 0) is 78.8 Å². The lowest BCUT2D eigenvalue weighted by Gasteiger charge is -2.17. The van der Waals surface area contributed by atoms with Crippen molar-refractivity contribution in [1.29, 1.82) is 0 Å². The molecule has 3 aromatic rings. The summed E-state index contributed by atoms with van der Waals surface area (Å²) in [6.07, 6.45) is 2.42. The molecule has 2 aromatic carbocycles. The van der Waals surface area contributed by atoms with Gasteiger partial charge in [-0.2, -0.15) is 4.98 Å². The van der Waals surface area contributed by atoms with E-state index in [4.69, 9.17) is 0 Å². The number of carbonyl (C=O) groups is 1. The van der Waals surface area contributed by atoms with Gasteiger partial charge in [0.2, 0.25) is 5.95 Å². The van der Waals surface area contributed by atoms with Gasteiger partial charge in [-0.3, -0.25) is 4.79 Å². The molecule has 2 N–H and O–H groups in total. The molecule has 148 valence electrons. The van der Waals surface area contributed by atoms with Crippen LogP contribution in [0.4, 0.5) is 23.1 Å². The molecule has 0 saturated carbocycles. The van der Waals surface area contributed by atoms with Crippen LogP contribution in [0.15, 0.2) is 54.6 Å². The average molecular weight is 499 g/mol. The number of amides is 1. The Balaban J connectivity index is 1.45. The van der Waals surface area contributed by atoms with E-state index in [1.165, 1.54) is 12.8 Å². The number of rotatable bonds is 5. The monoisotopic (exact) mass is 499 g/mol. The maximum atomic E-state index is 12.5. The Morgan fingerprint density at radius 3 is 2.41 bits per heavy atom. The van der Waals surface area contributed by atoms with Crippen molar-refractivity contribution in [3.8, 4) is 0 Å². The van der Waals surface area contributed by atoms with E-state index < -0.39 is 0 Å². The number of anilines is 4. The minimum absolute atomic E-state index is 0.118. The Labute approximate surface area is 183 Å². The van der Waals surface area contributed by atoms with Gasteiger partial charge in [0.05, 0.1) is 5.56 Å². The molecule has 1 saturated heterocycles. The quantitative estimate of drug-likeness (QED) is 0.485. The van der Waals surface area contributed by atoms with Gasteiger partial charge >= 0.3 is 0 Å². The molecule has 0 unspecified atom stereocenters. The van der Waals surface area contributed by atoms with Gasteiger partial charge in [0.25, 0.3) is 5.91 Å². The summed E-state index contributed by atoms with van der Waals surface area (Å²) in [5.74, 6) is 1.44. The van der Waals surface area contributed by atoms with Gasteiger partial charge in [-0.25, -0.2) is 4.98 Å². The summed E-state index contributed by atoms with van der Waals surface area (Å²) in [4.78, 5) is 23.9. The van der Waals surface area contributed by atoms with Gasteiger partial charge in [-0.1, -0.05) is 12.1 Å². The first-order valence-corrected chi connectivity index (χ1v) is 10.7. The van der Waals surface area contributed by atoms with Crippen LogP contribution in [-0.4, -0.2) is 29.0 Å². The second-order valence-corrected chi connectivity index (χ2v) is 8.18. The molecule has 4 rings (SSSR count). The molecule has 0 spiro atoms. The molecular weight excluding hydrogens is 477 g/mol. The molecule has 0 radical (unpaired) electrons. The number of hydrogen-bond acceptors (Lipinski definition) is 5. The van der Waals surface area contributed by atoms with Crippen molar-refractivity contribution in [3.05, 3.63) is 69.4 Å². The lowest BCUT2D eigenvalue weighted by molar-refractivity contribution is 0.102. The third-order valence-corrected chi connectivity index (χ3v) is 5.73. The van der Waals surface area contributed by atoms with Crippen molar-refractivity contribution in [3.63, 3.8) is 0 Å². The summed E-state index contributed by atoms with van der Waals surface area (Å²) >= 11 is 2.17. The smallest absolute Gasteiger partial charge is 0.256 e. The zero-order chi connectivity index (χ0) is 20.2. The van der Waals surface area contributed by atoms with E-state index in [-0.39, 0.29) is 5.91 Å². The molecule has 2 heterocycles. The molecule has 0 bridgehead atoms. The van der Waals surface area contributed by atoms with Gasteiger partial charge in [0.1, 0.15) is 5.82 Å². The fraction of sp³-hybridized carbons (Fsp3) is 0.227. The molecular formula is C22H22IN5O. The van der Waals surface area contributed by atoms with Crippen LogP contribution in [0.5, 0.6) is 0 Å². The van der Waals surface area contributed by atoms with Crippen molar-refractivity contribution in [1.82, 2.24) is 9.97 Å². The lowest BCUT2D eigenvalue weighted by atomic mass is 10.2. The zero-order valence-corrected chi connectivity index (χ0v) is 18.3. The van der Waals surface area contributed by atoms with Crippen molar-refractivity contribution < 1.29 is 4.79 Å². The van der Waals surface area contributed by atoms with E-state index >= 15 is 0 Å². The molecule has 1 fully saturated rings. The topological polar surface area (TPSA) is 70.2 Å². The van der Waals surface area contributed by atoms with E-state index in [2.05, 4.69) is 48.1 Å². The summed E-state index contributed by atoms with van der Waals surface area (Å²) < 4.78 is 0.922. The van der Waals surface area contributed by atoms with E-state index in [1.54, 1.807) is 0 Å². The van der Waals surface area contributed by atoms with Crippen molar-refractivity contribution in [2.75, 3.05) is 28.6 Å². The van der Waals surface area contributed by atoms with Crippen LogP contribution < -0.4 is 15.5 Å². The maximum absolute atomic E-state index is 12.5. The summed E-state index contributed by atoms with van der Waals surface area (Å²) in [6, 6.07) is 17.1. The highest BCUT2D eigenvalue weighted by Crippen LogP contribution is 2.23. The molecule has 1 aliphatic heterocycles. The van der Waals surface area contributed by atoms with Crippen LogP contribution in [0.1, 0.15) is 28.9 Å². The number of halogens is 1. The molecule has 1 aromatic heterocycles. The van der Waals surface area contributed by atoms with Crippen LogP contribution >= 0.6 is 22.6 Å². The number of hydrogen-bond donors (Lipinski definition) is 2. The molecule has 7 heteroatoms. The third-order valence-electron chi connectivity index (χ3n) is 4.79. The minimum Gasteiger partial charge on any atom is -0.356 e. The Hall–Kier alpha value is -2.68. The number of benzene rings is 2. The first kappa shape index (κ1) is 19.6. The third kappa shape index (κ3) is 4.84. The molecule has 1 amide bonds. The highest BCUT2D eigenvalue weighted by atomic mass is 127. The summed E-state index contributed by atoms with van der Waals surface area (Å²) in [5.41, 5.74) is 3.21. The Bertz CT molecular complexity index is 1020. The number of nitrogens with one attached hydrogen (secondary N) is 2. The standard InChI is InChI=1S/C22H22IN5O/c1-15-14-20(28-12-4-5-13-28)27-22(24-15)26-17-10-8-16(9-11-17)25-21(29)18-6-2-3-7-19(18)23/h2-3,6-11,14H,4-5,12-13H2,1H3,(H,25,29)(H,24,26,27). The van der Waals surface area contributed by atoms with Gasteiger partial charge in [0.15, 0.2) is 0 Å². The molecule has 6 nitrogen and oxygen atoms in total. The van der Waals surface area contributed by atoms with Crippen molar-refractivity contribution in [2.24, 2.45) is 0 Å². The Morgan fingerprint density at radius 1 is 1.00 bits per heavy atom. The molecule has 0 aliphatic carbocycles.